The maximum Gasteiger partial charge on any atom is 0.181 e. The maximum atomic E-state index is 11.0. The minimum Gasteiger partial charge on any atom is -0.619 e. The molecular formula is C15H12N2OS. The van der Waals surface area contributed by atoms with Gasteiger partial charge in [-0.15, -0.1) is 11.3 Å². The molecule has 0 saturated heterocycles. The van der Waals surface area contributed by atoms with Gasteiger partial charge < -0.3 is 5.21 Å². The van der Waals surface area contributed by atoms with Gasteiger partial charge in [-0.1, -0.05) is 30.3 Å². The second-order valence-electron chi connectivity index (χ2n) is 4.24. The molecule has 0 aliphatic carbocycles. The van der Waals surface area contributed by atoms with Crippen molar-refractivity contribution in [2.45, 2.75) is 6.42 Å². The van der Waals surface area contributed by atoms with E-state index in [1.807, 2.05) is 23.6 Å². The van der Waals surface area contributed by atoms with Crippen molar-refractivity contribution in [3.63, 3.8) is 0 Å². The molecule has 0 saturated carbocycles. The number of hydrogen-bond acceptors (Lipinski definition) is 3. The van der Waals surface area contributed by atoms with Gasteiger partial charge in [0.1, 0.15) is 0 Å². The second-order valence-corrected chi connectivity index (χ2v) is 5.18. The average molecular weight is 268 g/mol. The summed E-state index contributed by atoms with van der Waals surface area (Å²) < 4.78 is 0.779. The van der Waals surface area contributed by atoms with E-state index >= 15 is 0 Å². The summed E-state index contributed by atoms with van der Waals surface area (Å²) in [7, 11) is 0. The van der Waals surface area contributed by atoms with E-state index in [4.69, 9.17) is 0 Å². The van der Waals surface area contributed by atoms with Crippen molar-refractivity contribution in [2.75, 3.05) is 0 Å². The van der Waals surface area contributed by atoms with Gasteiger partial charge in [0.05, 0.1) is 10.7 Å². The Balaban J connectivity index is 1.82. The first-order chi connectivity index (χ1) is 9.31. The molecule has 2 aromatic heterocycles. The van der Waals surface area contributed by atoms with Crippen LogP contribution in [0, 0.1) is 5.21 Å². The van der Waals surface area contributed by atoms with Crippen LogP contribution < -0.4 is 4.73 Å². The van der Waals surface area contributed by atoms with Gasteiger partial charge in [0.25, 0.3) is 0 Å². The van der Waals surface area contributed by atoms with Gasteiger partial charge >= 0.3 is 0 Å². The predicted molar refractivity (Wildman–Crippen MR) is 75.8 cm³/mol. The first-order valence-corrected chi connectivity index (χ1v) is 6.87. The van der Waals surface area contributed by atoms with Crippen LogP contribution in [0.1, 0.15) is 10.6 Å². The van der Waals surface area contributed by atoms with E-state index in [9.17, 15) is 5.21 Å². The summed E-state index contributed by atoms with van der Waals surface area (Å²) in [5.74, 6) is 0. The lowest BCUT2D eigenvalue weighted by atomic mass is 10.2. The summed E-state index contributed by atoms with van der Waals surface area (Å²) in [5.41, 5.74) is 3.16. The van der Waals surface area contributed by atoms with E-state index < -0.39 is 0 Å². The van der Waals surface area contributed by atoms with Crippen molar-refractivity contribution < 1.29 is 4.73 Å². The highest BCUT2D eigenvalue weighted by atomic mass is 32.1. The van der Waals surface area contributed by atoms with Crippen LogP contribution >= 0.6 is 11.3 Å². The number of aromatic nitrogens is 2. The van der Waals surface area contributed by atoms with E-state index in [-0.39, 0.29) is 0 Å². The zero-order chi connectivity index (χ0) is 13.1. The van der Waals surface area contributed by atoms with Crippen molar-refractivity contribution in [1.29, 1.82) is 0 Å². The molecular weight excluding hydrogens is 256 g/mol. The molecule has 94 valence electrons. The summed E-state index contributed by atoms with van der Waals surface area (Å²) in [6.45, 7) is 0. The molecule has 4 heteroatoms. The molecule has 0 spiro atoms. The highest BCUT2D eigenvalue weighted by Crippen LogP contribution is 2.22. The number of rotatable bonds is 3. The van der Waals surface area contributed by atoms with Crippen LogP contribution in [0.25, 0.3) is 11.3 Å². The van der Waals surface area contributed by atoms with E-state index in [1.165, 1.54) is 18.0 Å². The lowest BCUT2D eigenvalue weighted by molar-refractivity contribution is -0.605. The minimum atomic E-state index is 0.779. The zero-order valence-electron chi connectivity index (χ0n) is 10.2. The van der Waals surface area contributed by atoms with Crippen molar-refractivity contribution in [1.82, 2.24) is 4.98 Å². The van der Waals surface area contributed by atoms with Gasteiger partial charge in [-0.25, -0.2) is 4.98 Å². The third-order valence-electron chi connectivity index (χ3n) is 2.85. The van der Waals surface area contributed by atoms with E-state index in [0.29, 0.717) is 0 Å². The minimum absolute atomic E-state index is 0.779. The zero-order valence-corrected chi connectivity index (χ0v) is 11.0. The van der Waals surface area contributed by atoms with Crippen molar-refractivity contribution >= 4 is 11.3 Å². The van der Waals surface area contributed by atoms with Gasteiger partial charge in [0.2, 0.25) is 0 Å². The molecule has 0 radical (unpaired) electrons. The van der Waals surface area contributed by atoms with Crippen LogP contribution in [0.5, 0.6) is 0 Å². The van der Waals surface area contributed by atoms with Gasteiger partial charge in [0, 0.05) is 29.5 Å². The number of hydrogen-bond donors (Lipinski definition) is 0. The molecule has 0 amide bonds. The lowest BCUT2D eigenvalue weighted by Crippen LogP contribution is -2.23. The van der Waals surface area contributed by atoms with Crippen LogP contribution in [0.3, 0.4) is 0 Å². The SMILES string of the molecule is [O-][n+]1ccc(-c2csc(Cc3ccccc3)n2)cc1. The van der Waals surface area contributed by atoms with Crippen molar-refractivity contribution in [3.8, 4) is 11.3 Å². The molecule has 0 atom stereocenters. The Morgan fingerprint density at radius 2 is 1.79 bits per heavy atom. The monoisotopic (exact) mass is 268 g/mol. The number of nitrogens with zero attached hydrogens (tertiary/aromatic N) is 2. The molecule has 0 aliphatic rings. The van der Waals surface area contributed by atoms with Gasteiger partial charge in [-0.3, -0.25) is 0 Å². The van der Waals surface area contributed by atoms with E-state index in [2.05, 4.69) is 17.1 Å². The topological polar surface area (TPSA) is 39.8 Å². The molecule has 2 heterocycles. The summed E-state index contributed by atoms with van der Waals surface area (Å²) in [6.07, 6.45) is 3.83. The second kappa shape index (κ2) is 5.20. The van der Waals surface area contributed by atoms with Crippen LogP contribution in [0.15, 0.2) is 60.2 Å². The van der Waals surface area contributed by atoms with Crippen LogP contribution in [0.4, 0.5) is 0 Å². The summed E-state index contributed by atoms with van der Waals surface area (Å²) in [4.78, 5) is 4.61. The number of thiazole rings is 1. The first-order valence-electron chi connectivity index (χ1n) is 5.99. The maximum absolute atomic E-state index is 11.0. The largest absolute Gasteiger partial charge is 0.619 e. The van der Waals surface area contributed by atoms with Gasteiger partial charge in [0.15, 0.2) is 12.4 Å². The fourth-order valence-electron chi connectivity index (χ4n) is 1.88. The summed E-state index contributed by atoms with van der Waals surface area (Å²) >= 11 is 1.65. The molecule has 0 N–H and O–H groups in total. The molecule has 3 aromatic rings. The summed E-state index contributed by atoms with van der Waals surface area (Å²) in [5, 5.41) is 14.1. The molecule has 3 nitrogen and oxygen atoms in total. The third kappa shape index (κ3) is 2.80. The van der Waals surface area contributed by atoms with Gasteiger partial charge in [-0.05, 0) is 5.56 Å². The fraction of sp³-hybridized carbons (Fsp3) is 0.0667. The summed E-state index contributed by atoms with van der Waals surface area (Å²) in [6, 6.07) is 13.9. The Hall–Kier alpha value is -2.20. The van der Waals surface area contributed by atoms with E-state index in [0.717, 1.165) is 27.4 Å². The van der Waals surface area contributed by atoms with Crippen LogP contribution in [-0.4, -0.2) is 4.98 Å². The molecule has 0 fully saturated rings. The average Bonchev–Trinajstić information content (AvgIpc) is 2.89. The molecule has 1 aromatic carbocycles. The Morgan fingerprint density at radius 3 is 2.53 bits per heavy atom. The number of benzene rings is 1. The number of pyridine rings is 1. The predicted octanol–water partition coefficient (Wildman–Crippen LogP) is 3.03. The standard InChI is InChI=1S/C15H12N2OS/c18-17-8-6-13(7-9-17)14-11-19-15(16-14)10-12-4-2-1-3-5-12/h1-9,11H,10H2. The highest BCUT2D eigenvalue weighted by Gasteiger charge is 2.06. The highest BCUT2D eigenvalue weighted by molar-refractivity contribution is 7.10. The quantitative estimate of drug-likeness (QED) is 0.541. The molecule has 19 heavy (non-hydrogen) atoms. The molecule has 3 rings (SSSR count). The fourth-order valence-corrected chi connectivity index (χ4v) is 2.72. The van der Waals surface area contributed by atoms with Crippen LogP contribution in [0.2, 0.25) is 0 Å². The first kappa shape index (κ1) is 11.9. The lowest BCUT2D eigenvalue weighted by Gasteiger charge is -1.98. The smallest absolute Gasteiger partial charge is 0.181 e. The Labute approximate surface area is 115 Å². The molecule has 0 unspecified atom stereocenters. The van der Waals surface area contributed by atoms with Crippen LogP contribution in [-0.2, 0) is 6.42 Å². The van der Waals surface area contributed by atoms with E-state index in [1.54, 1.807) is 23.5 Å². The third-order valence-corrected chi connectivity index (χ3v) is 3.70. The Kier molecular flexibility index (Phi) is 3.25. The normalized spacial score (nSPS) is 10.5. The van der Waals surface area contributed by atoms with Crippen molar-refractivity contribution in [3.05, 3.63) is 76.0 Å². The van der Waals surface area contributed by atoms with Gasteiger partial charge in [-0.2, -0.15) is 4.73 Å². The molecule has 0 aliphatic heterocycles. The Bertz CT molecular complexity index is 662. The Morgan fingerprint density at radius 1 is 1.05 bits per heavy atom. The molecule has 0 bridgehead atoms. The van der Waals surface area contributed by atoms with Crippen molar-refractivity contribution in [2.24, 2.45) is 0 Å².